The molecule has 15 nitrogen and oxygen atoms in total. The van der Waals surface area contributed by atoms with Gasteiger partial charge in [-0.2, -0.15) is 10.3 Å². The van der Waals surface area contributed by atoms with Crippen LogP contribution < -0.4 is 10.6 Å². The molecule has 0 aliphatic carbocycles. The molecule has 2 atom stereocenters. The molecule has 7 aromatic rings. The number of ether oxygens (including phenoxy) is 2. The van der Waals surface area contributed by atoms with Crippen LogP contribution in [0, 0.1) is 0 Å². The minimum absolute atomic E-state index is 0.0573. The highest BCUT2D eigenvalue weighted by molar-refractivity contribution is 8.18. The number of carbonyl (C=O) groups excluding carboxylic acids is 4. The number of rotatable bonds is 17. The Morgan fingerprint density at radius 2 is 1.38 bits per heavy atom. The van der Waals surface area contributed by atoms with Crippen molar-refractivity contribution in [3.05, 3.63) is 207 Å². The van der Waals surface area contributed by atoms with Gasteiger partial charge in [0.1, 0.15) is 33.4 Å². The largest absolute Gasteiger partial charge is 0.448 e. The minimum atomic E-state index is -1.39. The molecule has 3 N–H and O–H groups in total. The van der Waals surface area contributed by atoms with Crippen LogP contribution in [0.3, 0.4) is 0 Å². The van der Waals surface area contributed by atoms with Crippen molar-refractivity contribution in [2.45, 2.75) is 54.5 Å². The molecule has 3 amide bonds. The van der Waals surface area contributed by atoms with Gasteiger partial charge in [-0.15, -0.1) is 40.0 Å². The fourth-order valence-electron chi connectivity index (χ4n) is 7.90. The SMILES string of the molecule is CC(C)(C)OC(=O)Nc1nc(/C(=N\OC(c2ccccc2)(c2ccccc2)c2ccccc2)C(=O)N[C@@H]2C(=O)N3C(C(=O)OC(c4ccccc4)c4ccccc4)=C(SCSc4cn[nH]n4)CS[C@H]23)cs1. The molecule has 5 aromatic carbocycles. The monoisotopic (exact) mass is 1020 g/mol. The molecule has 1 fully saturated rings. The van der Waals surface area contributed by atoms with Crippen molar-refractivity contribution in [2.75, 3.05) is 16.2 Å². The Bertz CT molecular complexity index is 2890. The molecule has 1 saturated heterocycles. The Hall–Kier alpha value is -7.19. The first-order valence-electron chi connectivity index (χ1n) is 22.3. The molecule has 0 bridgehead atoms. The number of hydrogen-bond donors (Lipinski definition) is 3. The molecule has 2 aliphatic rings. The number of amides is 3. The van der Waals surface area contributed by atoms with Crippen LogP contribution in [-0.2, 0) is 34.3 Å². The predicted molar refractivity (Wildman–Crippen MR) is 276 cm³/mol. The topological polar surface area (TPSA) is 190 Å². The highest BCUT2D eigenvalue weighted by Gasteiger charge is 2.55. The molecule has 0 radical (unpaired) electrons. The second-order valence-corrected chi connectivity index (χ2v) is 21.3. The van der Waals surface area contributed by atoms with Gasteiger partial charge in [-0.3, -0.25) is 19.8 Å². The lowest BCUT2D eigenvalue weighted by Gasteiger charge is -2.49. The molecule has 0 unspecified atom stereocenters. The molecule has 2 aromatic heterocycles. The number of aromatic amines is 1. The number of β-lactam (4-membered cyclic amide) rings is 1. The number of thioether (sulfide) groups is 3. The number of anilines is 1. The molecule has 2 aliphatic heterocycles. The summed E-state index contributed by atoms with van der Waals surface area (Å²) in [6.45, 7) is 5.22. The van der Waals surface area contributed by atoms with Crippen LogP contribution in [0.1, 0.15) is 60.4 Å². The maximum Gasteiger partial charge on any atom is 0.413 e. The van der Waals surface area contributed by atoms with Crippen LogP contribution in [-0.4, -0.2) is 82.7 Å². The highest BCUT2D eigenvalue weighted by atomic mass is 32.2. The number of H-pyrrole nitrogens is 1. The molecule has 19 heteroatoms. The van der Waals surface area contributed by atoms with Gasteiger partial charge in [-0.1, -0.05) is 169 Å². The van der Waals surface area contributed by atoms with Crippen LogP contribution in [0.2, 0.25) is 0 Å². The summed E-state index contributed by atoms with van der Waals surface area (Å²) in [6, 6.07) is 46.2. The molecule has 9 rings (SSSR count). The van der Waals surface area contributed by atoms with E-state index in [9.17, 15) is 19.2 Å². The van der Waals surface area contributed by atoms with Crippen molar-refractivity contribution in [3.8, 4) is 0 Å². The third-order valence-electron chi connectivity index (χ3n) is 11.1. The van der Waals surface area contributed by atoms with Crippen LogP contribution >= 0.6 is 46.6 Å². The zero-order chi connectivity index (χ0) is 49.4. The van der Waals surface area contributed by atoms with E-state index in [-0.39, 0.29) is 22.2 Å². The molecular formula is C52H46N8O7S4. The second kappa shape index (κ2) is 21.8. The lowest BCUT2D eigenvalue weighted by molar-refractivity contribution is -0.154. The number of carbonyl (C=O) groups is 4. The molecule has 360 valence electrons. The van der Waals surface area contributed by atoms with Gasteiger partial charge in [-0.05, 0) is 31.9 Å². The average Bonchev–Trinajstić information content (AvgIpc) is 4.09. The van der Waals surface area contributed by atoms with E-state index in [0.717, 1.165) is 39.2 Å². The first kappa shape index (κ1) is 48.8. The summed E-state index contributed by atoms with van der Waals surface area (Å²) >= 11 is 5.28. The number of oxime groups is 1. The van der Waals surface area contributed by atoms with Gasteiger partial charge in [-0.25, -0.2) is 14.6 Å². The maximum atomic E-state index is 14.9. The smallest absolute Gasteiger partial charge is 0.413 e. The summed E-state index contributed by atoms with van der Waals surface area (Å²) in [4.78, 5) is 70.5. The van der Waals surface area contributed by atoms with Crippen molar-refractivity contribution in [2.24, 2.45) is 5.16 Å². The average molecular weight is 1020 g/mol. The number of esters is 1. The summed E-state index contributed by atoms with van der Waals surface area (Å²) in [7, 11) is 0. The predicted octanol–water partition coefficient (Wildman–Crippen LogP) is 9.75. The third-order valence-corrected chi connectivity index (χ3v) is 15.4. The number of benzene rings is 5. The van der Waals surface area contributed by atoms with E-state index in [2.05, 4.69) is 36.2 Å². The van der Waals surface area contributed by atoms with Crippen molar-refractivity contribution < 1.29 is 33.5 Å². The van der Waals surface area contributed by atoms with Crippen LogP contribution in [0.4, 0.5) is 9.93 Å². The minimum Gasteiger partial charge on any atom is -0.448 e. The second-order valence-electron chi connectivity index (χ2n) is 16.9. The molecular weight excluding hydrogens is 977 g/mol. The first-order chi connectivity index (χ1) is 34.5. The summed E-state index contributed by atoms with van der Waals surface area (Å²) in [5.41, 5.74) is 1.37. The van der Waals surface area contributed by atoms with Crippen LogP contribution in [0.15, 0.2) is 184 Å². The maximum absolute atomic E-state index is 14.9. The lowest BCUT2D eigenvalue weighted by Crippen LogP contribution is -2.71. The van der Waals surface area contributed by atoms with Crippen LogP contribution in [0.5, 0.6) is 0 Å². The summed E-state index contributed by atoms with van der Waals surface area (Å²) < 4.78 is 11.8. The van der Waals surface area contributed by atoms with E-state index in [1.807, 2.05) is 152 Å². The lowest BCUT2D eigenvalue weighted by atomic mass is 9.80. The zero-order valence-electron chi connectivity index (χ0n) is 38.5. The van der Waals surface area contributed by atoms with Crippen molar-refractivity contribution in [1.82, 2.24) is 30.6 Å². The van der Waals surface area contributed by atoms with Crippen LogP contribution in [0.25, 0.3) is 0 Å². The Kier molecular flexibility index (Phi) is 15.0. The number of hydrogen-bond acceptors (Lipinski definition) is 15. The van der Waals surface area contributed by atoms with E-state index >= 15 is 0 Å². The first-order valence-corrected chi connectivity index (χ1v) is 26.2. The van der Waals surface area contributed by atoms with E-state index in [1.54, 1.807) is 32.3 Å². The van der Waals surface area contributed by atoms with Crippen molar-refractivity contribution in [3.63, 3.8) is 0 Å². The zero-order valence-corrected chi connectivity index (χ0v) is 41.7. The van der Waals surface area contributed by atoms with E-state index in [4.69, 9.17) is 14.3 Å². The molecule has 4 heterocycles. The molecule has 0 spiro atoms. The van der Waals surface area contributed by atoms with Gasteiger partial charge >= 0.3 is 12.1 Å². The third kappa shape index (κ3) is 11.1. The van der Waals surface area contributed by atoms with E-state index in [0.29, 0.717) is 20.8 Å². The molecule has 0 saturated carbocycles. The highest BCUT2D eigenvalue weighted by Crippen LogP contribution is 2.46. The van der Waals surface area contributed by atoms with Gasteiger partial charge in [0.15, 0.2) is 16.9 Å². The number of fused-ring (bicyclic) bond motifs is 1. The van der Waals surface area contributed by atoms with Gasteiger partial charge < -0.3 is 19.6 Å². The Labute approximate surface area is 426 Å². The fourth-order valence-corrected chi connectivity index (χ4v) is 12.1. The standard InChI is InChI=1S/C52H46N8O7S4/c1-51(2,3)66-50(64)56-49-54-38(30-69-49)41(58-67-52(35-23-13-6-14-24-35,36-25-15-7-16-26-36)37-27-17-8-18-28-37)45(61)55-42-46(62)60-43(39(31-68-47(42)60)70-32-71-40-29-53-59-57-40)48(63)65-44(33-19-9-4-10-20-33)34-21-11-5-12-22-34/h4-30,42,44,47H,31-32H2,1-3H3,(H,55,61)(H,53,57,59)(H,54,56,64)/b58-41+/t42-,47-/m1/s1. The summed E-state index contributed by atoms with van der Waals surface area (Å²) in [5, 5.41) is 23.0. The van der Waals surface area contributed by atoms with Gasteiger partial charge in [0.25, 0.3) is 11.8 Å². The summed E-state index contributed by atoms with van der Waals surface area (Å²) in [5.74, 6) is -1.67. The van der Waals surface area contributed by atoms with E-state index < -0.39 is 52.6 Å². The number of nitrogens with zero attached hydrogens (tertiary/aromatic N) is 5. The van der Waals surface area contributed by atoms with Crippen molar-refractivity contribution in [1.29, 1.82) is 0 Å². The number of nitrogens with one attached hydrogen (secondary N) is 3. The van der Waals surface area contributed by atoms with Gasteiger partial charge in [0, 0.05) is 32.7 Å². The fraction of sp³-hybridized carbons (Fsp3) is 0.192. The van der Waals surface area contributed by atoms with Gasteiger partial charge in [0.2, 0.25) is 5.60 Å². The Balaban J connectivity index is 1.05. The van der Waals surface area contributed by atoms with Crippen molar-refractivity contribution >= 4 is 81.3 Å². The quantitative estimate of drug-likeness (QED) is 0.0149. The number of thiazole rings is 1. The normalized spacial score (nSPS) is 15.9. The summed E-state index contributed by atoms with van der Waals surface area (Å²) in [6.07, 6.45) is 0.0856. The van der Waals surface area contributed by atoms with E-state index in [1.165, 1.54) is 40.2 Å². The number of aromatic nitrogens is 4. The van der Waals surface area contributed by atoms with Gasteiger partial charge in [0.05, 0.1) is 11.3 Å². The molecule has 71 heavy (non-hydrogen) atoms. The Morgan fingerprint density at radius 3 is 1.92 bits per heavy atom. The Morgan fingerprint density at radius 1 is 0.817 bits per heavy atom.